The molecule has 0 aliphatic carbocycles. The van der Waals surface area contributed by atoms with E-state index in [1.54, 1.807) is 24.3 Å². The van der Waals surface area contributed by atoms with E-state index in [2.05, 4.69) is 6.58 Å². The van der Waals surface area contributed by atoms with Crippen molar-refractivity contribution in [2.75, 3.05) is 0 Å². The van der Waals surface area contributed by atoms with Gasteiger partial charge in [-0.25, -0.2) is 0 Å². The van der Waals surface area contributed by atoms with Crippen molar-refractivity contribution in [3.8, 4) is 6.07 Å². The van der Waals surface area contributed by atoms with Gasteiger partial charge >= 0.3 is 0 Å². The van der Waals surface area contributed by atoms with Gasteiger partial charge in [0.2, 0.25) is 5.78 Å². The first-order valence-corrected chi connectivity index (χ1v) is 4.12. The maximum atomic E-state index is 11.6. The Morgan fingerprint density at radius 3 is 2.50 bits per heavy atom. The van der Waals surface area contributed by atoms with Crippen molar-refractivity contribution in [2.24, 2.45) is 0 Å². The van der Waals surface area contributed by atoms with Crippen LogP contribution in [0.3, 0.4) is 0 Å². The number of ketones is 1. The predicted molar refractivity (Wildman–Crippen MR) is 54.7 cm³/mol. The maximum absolute atomic E-state index is 11.6. The van der Waals surface area contributed by atoms with Crippen LogP contribution < -0.4 is 0 Å². The van der Waals surface area contributed by atoms with Gasteiger partial charge < -0.3 is 0 Å². The molecule has 0 heterocycles. The molecule has 0 bridgehead atoms. The summed E-state index contributed by atoms with van der Waals surface area (Å²) in [4.78, 5) is 11.6. The Morgan fingerprint density at radius 1 is 1.36 bits per heavy atom. The smallest absolute Gasteiger partial charge is 0.203 e. The molecule has 0 aromatic heterocycles. The number of nitriles is 1. The summed E-state index contributed by atoms with van der Waals surface area (Å²) in [5.74, 6) is -0.270. The fourth-order valence-electron chi connectivity index (χ4n) is 1.03. The molecule has 0 atom stereocenters. The molecule has 0 radical (unpaired) electrons. The van der Waals surface area contributed by atoms with Gasteiger partial charge in [-0.1, -0.05) is 43.0 Å². The summed E-state index contributed by atoms with van der Waals surface area (Å²) in [5, 5.41) is 8.70. The third kappa shape index (κ3) is 2.18. The van der Waals surface area contributed by atoms with E-state index in [9.17, 15) is 4.79 Å². The van der Waals surface area contributed by atoms with Crippen molar-refractivity contribution in [1.82, 2.24) is 0 Å². The minimum atomic E-state index is -0.270. The Balaban J connectivity index is 3.03. The Labute approximate surface area is 82.8 Å². The number of hydrogen-bond acceptors (Lipinski definition) is 2. The van der Waals surface area contributed by atoms with E-state index in [-0.39, 0.29) is 11.4 Å². The highest BCUT2D eigenvalue weighted by Crippen LogP contribution is 2.07. The molecule has 2 nitrogen and oxygen atoms in total. The summed E-state index contributed by atoms with van der Waals surface area (Å²) >= 11 is 0. The van der Waals surface area contributed by atoms with Crippen LogP contribution in [0.5, 0.6) is 0 Å². The van der Waals surface area contributed by atoms with Crippen molar-refractivity contribution in [3.05, 3.63) is 60.2 Å². The van der Waals surface area contributed by atoms with Gasteiger partial charge in [0.25, 0.3) is 0 Å². The molecule has 0 saturated heterocycles. The SMILES string of the molecule is C=CC=C(C#N)C(=O)c1ccccc1. The largest absolute Gasteiger partial charge is 0.288 e. The first-order valence-electron chi connectivity index (χ1n) is 4.12. The number of allylic oxidation sites excluding steroid dienone is 3. The molecule has 1 aromatic rings. The molecule has 0 unspecified atom stereocenters. The number of nitrogens with zero attached hydrogens (tertiary/aromatic N) is 1. The van der Waals surface area contributed by atoms with E-state index >= 15 is 0 Å². The van der Waals surface area contributed by atoms with Crippen molar-refractivity contribution in [2.45, 2.75) is 0 Å². The van der Waals surface area contributed by atoms with E-state index in [1.807, 2.05) is 12.1 Å². The van der Waals surface area contributed by atoms with Crippen LogP contribution in [0.15, 0.2) is 54.6 Å². The highest BCUT2D eigenvalue weighted by Gasteiger charge is 2.09. The van der Waals surface area contributed by atoms with Crippen LogP contribution in [0, 0.1) is 11.3 Å². The topological polar surface area (TPSA) is 40.9 Å². The molecule has 0 saturated carbocycles. The molecule has 0 fully saturated rings. The first-order chi connectivity index (χ1) is 6.79. The molecule has 0 aliphatic rings. The molecule has 0 amide bonds. The van der Waals surface area contributed by atoms with Crippen molar-refractivity contribution in [1.29, 1.82) is 5.26 Å². The molecule has 0 N–H and O–H groups in total. The average Bonchev–Trinajstić information content (AvgIpc) is 2.26. The summed E-state index contributed by atoms with van der Waals surface area (Å²) in [6, 6.07) is 10.5. The monoisotopic (exact) mass is 183 g/mol. The number of rotatable bonds is 3. The van der Waals surface area contributed by atoms with Crippen LogP contribution in [0.4, 0.5) is 0 Å². The lowest BCUT2D eigenvalue weighted by Gasteiger charge is -1.96. The molecule has 1 aromatic carbocycles. The van der Waals surface area contributed by atoms with Gasteiger partial charge in [0.05, 0.1) is 5.57 Å². The van der Waals surface area contributed by atoms with Gasteiger partial charge in [-0.3, -0.25) is 4.79 Å². The van der Waals surface area contributed by atoms with Gasteiger partial charge in [-0.2, -0.15) is 5.26 Å². The maximum Gasteiger partial charge on any atom is 0.203 e. The highest BCUT2D eigenvalue weighted by atomic mass is 16.1. The van der Waals surface area contributed by atoms with Crippen LogP contribution in [0.25, 0.3) is 0 Å². The Hall–Kier alpha value is -2.14. The predicted octanol–water partition coefficient (Wildman–Crippen LogP) is 2.51. The molecule has 0 aliphatic heterocycles. The third-order valence-electron chi connectivity index (χ3n) is 1.69. The van der Waals surface area contributed by atoms with Crippen LogP contribution in [0.2, 0.25) is 0 Å². The van der Waals surface area contributed by atoms with Crippen molar-refractivity contribution in [3.63, 3.8) is 0 Å². The van der Waals surface area contributed by atoms with Gasteiger partial charge in [-0.15, -0.1) is 0 Å². The highest BCUT2D eigenvalue weighted by molar-refractivity contribution is 6.11. The quantitative estimate of drug-likeness (QED) is 0.312. The molecule has 2 heteroatoms. The molecular formula is C12H9NO. The Bertz CT molecular complexity index is 410. The van der Waals surface area contributed by atoms with E-state index in [1.165, 1.54) is 12.2 Å². The fraction of sp³-hybridized carbons (Fsp3) is 0. The van der Waals surface area contributed by atoms with Gasteiger partial charge in [0, 0.05) is 5.56 Å². The summed E-state index contributed by atoms with van der Waals surface area (Å²) in [7, 11) is 0. The lowest BCUT2D eigenvalue weighted by atomic mass is 10.0. The van der Waals surface area contributed by atoms with E-state index in [0.717, 1.165) is 0 Å². The third-order valence-corrected chi connectivity index (χ3v) is 1.69. The van der Waals surface area contributed by atoms with Crippen LogP contribution >= 0.6 is 0 Å². The molecule has 0 spiro atoms. The van der Waals surface area contributed by atoms with Gasteiger partial charge in [0.1, 0.15) is 6.07 Å². The van der Waals surface area contributed by atoms with E-state index in [4.69, 9.17) is 5.26 Å². The summed E-state index contributed by atoms with van der Waals surface area (Å²) in [6.07, 6.45) is 2.84. The second kappa shape index (κ2) is 4.78. The Morgan fingerprint density at radius 2 is 2.00 bits per heavy atom. The minimum Gasteiger partial charge on any atom is -0.288 e. The van der Waals surface area contributed by atoms with Crippen LogP contribution in [-0.4, -0.2) is 5.78 Å². The lowest BCUT2D eigenvalue weighted by molar-refractivity contribution is 0.103. The summed E-state index contributed by atoms with van der Waals surface area (Å²) in [6.45, 7) is 3.44. The second-order valence-electron chi connectivity index (χ2n) is 2.62. The number of carbonyl (C=O) groups is 1. The van der Waals surface area contributed by atoms with E-state index in [0.29, 0.717) is 5.56 Å². The lowest BCUT2D eigenvalue weighted by Crippen LogP contribution is -2.00. The van der Waals surface area contributed by atoms with Crippen LogP contribution in [-0.2, 0) is 0 Å². The fourth-order valence-corrected chi connectivity index (χ4v) is 1.03. The minimum absolute atomic E-state index is 0.103. The zero-order chi connectivity index (χ0) is 10.4. The van der Waals surface area contributed by atoms with Gasteiger partial charge in [0.15, 0.2) is 0 Å². The second-order valence-corrected chi connectivity index (χ2v) is 2.62. The molecular weight excluding hydrogens is 174 g/mol. The number of carbonyl (C=O) groups excluding carboxylic acids is 1. The average molecular weight is 183 g/mol. The zero-order valence-electron chi connectivity index (χ0n) is 7.60. The number of hydrogen-bond donors (Lipinski definition) is 0. The van der Waals surface area contributed by atoms with Crippen molar-refractivity contribution < 1.29 is 4.79 Å². The Kier molecular flexibility index (Phi) is 3.40. The molecule has 14 heavy (non-hydrogen) atoms. The summed E-state index contributed by atoms with van der Waals surface area (Å²) in [5.41, 5.74) is 0.619. The van der Waals surface area contributed by atoms with Crippen molar-refractivity contribution >= 4 is 5.78 Å². The standard InChI is InChI=1S/C12H9NO/c1-2-6-11(9-13)12(14)10-7-4-3-5-8-10/h2-8H,1H2. The zero-order valence-corrected chi connectivity index (χ0v) is 7.60. The first kappa shape index (κ1) is 9.94. The normalized spacial score (nSPS) is 10.4. The van der Waals surface area contributed by atoms with Crippen LogP contribution in [0.1, 0.15) is 10.4 Å². The summed E-state index contributed by atoms with van der Waals surface area (Å²) < 4.78 is 0. The molecule has 1 rings (SSSR count). The molecule has 68 valence electrons. The number of Topliss-reactive ketones (excluding diaryl/α,β-unsaturated/α-hetero) is 1. The van der Waals surface area contributed by atoms with Gasteiger partial charge in [-0.05, 0) is 6.08 Å². The number of benzene rings is 1. The van der Waals surface area contributed by atoms with E-state index < -0.39 is 0 Å².